The molecular formula is C16H20N2O2S2. The lowest BCUT2D eigenvalue weighted by atomic mass is 9.93. The van der Waals surface area contributed by atoms with Crippen LogP contribution in [0.1, 0.15) is 25.5 Å². The van der Waals surface area contributed by atoms with Crippen molar-refractivity contribution in [2.45, 2.75) is 32.3 Å². The normalized spacial score (nSPS) is 20.1. The van der Waals surface area contributed by atoms with Crippen LogP contribution in [0, 0.1) is 5.92 Å². The molecule has 118 valence electrons. The first-order valence-electron chi connectivity index (χ1n) is 7.57. The molecule has 2 aromatic heterocycles. The van der Waals surface area contributed by atoms with Crippen molar-refractivity contribution in [2.75, 3.05) is 13.1 Å². The van der Waals surface area contributed by atoms with Crippen LogP contribution in [0.4, 0.5) is 0 Å². The van der Waals surface area contributed by atoms with Crippen LogP contribution in [0.5, 0.6) is 0 Å². The van der Waals surface area contributed by atoms with Crippen molar-refractivity contribution < 1.29 is 9.90 Å². The first-order valence-corrected chi connectivity index (χ1v) is 9.33. The minimum absolute atomic E-state index is 0.119. The van der Waals surface area contributed by atoms with Gasteiger partial charge in [0.05, 0.1) is 23.1 Å². The van der Waals surface area contributed by atoms with Crippen LogP contribution >= 0.6 is 22.7 Å². The average molecular weight is 336 g/mol. The summed E-state index contributed by atoms with van der Waals surface area (Å²) in [5, 5.41) is 14.7. The fourth-order valence-electron chi connectivity index (χ4n) is 2.80. The SMILES string of the molecule is CC(O)C1CCCN(C(=O)Cc2csc(-c3cccs3)n2)C1. The van der Waals surface area contributed by atoms with Crippen molar-refractivity contribution >= 4 is 28.6 Å². The molecule has 4 nitrogen and oxygen atoms in total. The van der Waals surface area contributed by atoms with Crippen molar-refractivity contribution in [1.29, 1.82) is 0 Å². The molecule has 6 heteroatoms. The van der Waals surface area contributed by atoms with Gasteiger partial charge in [-0.15, -0.1) is 22.7 Å². The molecule has 0 spiro atoms. The number of aromatic nitrogens is 1. The minimum Gasteiger partial charge on any atom is -0.393 e. The maximum absolute atomic E-state index is 12.4. The number of hydrogen-bond donors (Lipinski definition) is 1. The standard InChI is InChI=1S/C16H20N2O2S2/c1-11(19)12-4-2-6-18(9-12)15(20)8-13-10-22-16(17-13)14-5-3-7-21-14/h3,5,7,10-12,19H,2,4,6,8-9H2,1H3. The predicted octanol–water partition coefficient (Wildman–Crippen LogP) is 3.03. The molecule has 0 aliphatic carbocycles. The largest absolute Gasteiger partial charge is 0.393 e. The molecule has 22 heavy (non-hydrogen) atoms. The number of rotatable bonds is 4. The molecule has 2 aromatic rings. The number of carbonyl (C=O) groups is 1. The molecule has 0 bridgehead atoms. The number of thiazole rings is 1. The lowest BCUT2D eigenvalue weighted by Gasteiger charge is -2.34. The Hall–Kier alpha value is -1.24. The van der Waals surface area contributed by atoms with Gasteiger partial charge in [-0.25, -0.2) is 4.98 Å². The topological polar surface area (TPSA) is 53.4 Å². The van der Waals surface area contributed by atoms with Crippen LogP contribution in [0.25, 0.3) is 9.88 Å². The Morgan fingerprint density at radius 2 is 2.41 bits per heavy atom. The van der Waals surface area contributed by atoms with Crippen LogP contribution in [0.2, 0.25) is 0 Å². The molecule has 3 heterocycles. The van der Waals surface area contributed by atoms with Crippen molar-refractivity contribution in [2.24, 2.45) is 5.92 Å². The maximum Gasteiger partial charge on any atom is 0.228 e. The van der Waals surface area contributed by atoms with E-state index in [4.69, 9.17) is 0 Å². The second-order valence-electron chi connectivity index (χ2n) is 5.78. The number of piperidine rings is 1. The van der Waals surface area contributed by atoms with Crippen molar-refractivity contribution in [1.82, 2.24) is 9.88 Å². The number of nitrogens with zero attached hydrogens (tertiary/aromatic N) is 2. The molecule has 0 radical (unpaired) electrons. The molecule has 3 rings (SSSR count). The van der Waals surface area contributed by atoms with Crippen molar-refractivity contribution in [3.05, 3.63) is 28.6 Å². The molecule has 1 amide bonds. The summed E-state index contributed by atoms with van der Waals surface area (Å²) in [6.07, 6.45) is 1.98. The molecule has 2 unspecified atom stereocenters. The molecule has 1 saturated heterocycles. The highest BCUT2D eigenvalue weighted by Gasteiger charge is 2.26. The molecule has 0 aromatic carbocycles. The summed E-state index contributed by atoms with van der Waals surface area (Å²) in [6, 6.07) is 4.06. The molecule has 1 N–H and O–H groups in total. The second kappa shape index (κ2) is 6.89. The van der Waals surface area contributed by atoms with Gasteiger partial charge in [0, 0.05) is 24.4 Å². The summed E-state index contributed by atoms with van der Waals surface area (Å²) in [6.45, 7) is 3.27. The Kier molecular flexibility index (Phi) is 4.90. The van der Waals surface area contributed by atoms with Crippen LogP contribution < -0.4 is 0 Å². The van der Waals surface area contributed by atoms with E-state index in [0.29, 0.717) is 13.0 Å². The lowest BCUT2D eigenvalue weighted by Crippen LogP contribution is -2.43. The summed E-state index contributed by atoms with van der Waals surface area (Å²) >= 11 is 3.25. The summed E-state index contributed by atoms with van der Waals surface area (Å²) in [4.78, 5) is 20.0. The van der Waals surface area contributed by atoms with E-state index in [1.807, 2.05) is 34.7 Å². The highest BCUT2D eigenvalue weighted by molar-refractivity contribution is 7.20. The van der Waals surface area contributed by atoms with Crippen molar-refractivity contribution in [3.8, 4) is 9.88 Å². The lowest BCUT2D eigenvalue weighted by molar-refractivity contribution is -0.133. The van der Waals surface area contributed by atoms with Crippen LogP contribution in [-0.4, -0.2) is 40.1 Å². The first kappa shape index (κ1) is 15.6. The zero-order valence-corrected chi connectivity index (χ0v) is 14.2. The van der Waals surface area contributed by atoms with Crippen LogP contribution in [0.3, 0.4) is 0 Å². The summed E-state index contributed by atoms with van der Waals surface area (Å²) < 4.78 is 0. The molecule has 1 aliphatic rings. The van der Waals surface area contributed by atoms with E-state index in [-0.39, 0.29) is 17.9 Å². The number of amides is 1. The Bertz CT molecular complexity index is 622. The summed E-state index contributed by atoms with van der Waals surface area (Å²) in [7, 11) is 0. The van der Waals surface area contributed by atoms with Gasteiger partial charge < -0.3 is 10.0 Å². The van der Waals surface area contributed by atoms with E-state index in [9.17, 15) is 9.90 Å². The van der Waals surface area contributed by atoms with E-state index in [0.717, 1.165) is 35.0 Å². The Morgan fingerprint density at radius 3 is 3.14 bits per heavy atom. The van der Waals surface area contributed by atoms with Gasteiger partial charge in [0.25, 0.3) is 0 Å². The molecule has 2 atom stereocenters. The van der Waals surface area contributed by atoms with Gasteiger partial charge in [-0.1, -0.05) is 6.07 Å². The predicted molar refractivity (Wildman–Crippen MR) is 90.1 cm³/mol. The van der Waals surface area contributed by atoms with Gasteiger partial charge in [0.1, 0.15) is 5.01 Å². The number of aliphatic hydroxyl groups excluding tert-OH is 1. The number of thiophene rings is 1. The van der Waals surface area contributed by atoms with Gasteiger partial charge in [0.15, 0.2) is 0 Å². The Labute approximate surface area is 138 Å². The zero-order valence-electron chi connectivity index (χ0n) is 12.6. The number of hydrogen-bond acceptors (Lipinski definition) is 5. The second-order valence-corrected chi connectivity index (χ2v) is 7.59. The van der Waals surface area contributed by atoms with Gasteiger partial charge >= 0.3 is 0 Å². The van der Waals surface area contributed by atoms with Gasteiger partial charge in [-0.3, -0.25) is 4.79 Å². The fraction of sp³-hybridized carbons (Fsp3) is 0.500. The summed E-state index contributed by atoms with van der Waals surface area (Å²) in [5.74, 6) is 0.322. The number of likely N-dealkylation sites (tertiary alicyclic amines) is 1. The first-order chi connectivity index (χ1) is 10.6. The Balaban J connectivity index is 1.62. The van der Waals surface area contributed by atoms with E-state index >= 15 is 0 Å². The van der Waals surface area contributed by atoms with Gasteiger partial charge in [-0.2, -0.15) is 0 Å². The monoisotopic (exact) mass is 336 g/mol. The van der Waals surface area contributed by atoms with E-state index in [2.05, 4.69) is 4.98 Å². The number of carbonyl (C=O) groups excluding carboxylic acids is 1. The average Bonchev–Trinajstić information content (AvgIpc) is 3.18. The van der Waals surface area contributed by atoms with Gasteiger partial charge in [0.2, 0.25) is 5.91 Å². The third kappa shape index (κ3) is 3.56. The molecule has 1 aliphatic heterocycles. The minimum atomic E-state index is -0.347. The smallest absolute Gasteiger partial charge is 0.228 e. The Morgan fingerprint density at radius 1 is 1.55 bits per heavy atom. The van der Waals surface area contributed by atoms with E-state index in [1.54, 1.807) is 22.7 Å². The van der Waals surface area contributed by atoms with E-state index < -0.39 is 0 Å². The quantitative estimate of drug-likeness (QED) is 0.934. The zero-order chi connectivity index (χ0) is 15.5. The third-order valence-electron chi connectivity index (χ3n) is 4.11. The molecular weight excluding hydrogens is 316 g/mol. The third-order valence-corrected chi connectivity index (χ3v) is 6.04. The highest BCUT2D eigenvalue weighted by Crippen LogP contribution is 2.28. The summed E-state index contributed by atoms with van der Waals surface area (Å²) in [5.41, 5.74) is 0.845. The molecule has 1 fully saturated rings. The van der Waals surface area contributed by atoms with Crippen LogP contribution in [-0.2, 0) is 11.2 Å². The van der Waals surface area contributed by atoms with E-state index in [1.165, 1.54) is 0 Å². The van der Waals surface area contributed by atoms with Crippen molar-refractivity contribution in [3.63, 3.8) is 0 Å². The number of aliphatic hydroxyl groups is 1. The maximum atomic E-state index is 12.4. The highest BCUT2D eigenvalue weighted by atomic mass is 32.1. The van der Waals surface area contributed by atoms with Crippen LogP contribution in [0.15, 0.2) is 22.9 Å². The van der Waals surface area contributed by atoms with Gasteiger partial charge in [-0.05, 0) is 31.2 Å². The fourth-order valence-corrected chi connectivity index (χ4v) is 4.43. The molecule has 0 saturated carbocycles.